The second kappa shape index (κ2) is 5.04. The van der Waals surface area contributed by atoms with Crippen LogP contribution in [0.25, 0.3) is 0 Å². The van der Waals surface area contributed by atoms with Gasteiger partial charge in [0.25, 0.3) is 0 Å². The first-order valence-corrected chi connectivity index (χ1v) is 4.49. The molecule has 6 nitrogen and oxygen atoms in total. The molecular formula is C10H10N2O4. The standard InChI is InChI=1S/C10H10N2O4/c1-7(11-6-13)8-3-4-10(16-2)9(5-8)12(14)15/h3-5,7H,1-2H3. The molecule has 1 aromatic rings. The largest absolute Gasteiger partial charge is 0.490 e. The van der Waals surface area contributed by atoms with E-state index in [1.54, 1.807) is 13.0 Å². The summed E-state index contributed by atoms with van der Waals surface area (Å²) in [6.45, 7) is 1.65. The SMILES string of the molecule is COc1ccc(C(C)N=C=O)cc1[N+](=O)[O-]. The third kappa shape index (κ3) is 2.43. The van der Waals surface area contributed by atoms with Crippen LogP contribution in [0.4, 0.5) is 5.69 Å². The number of hydrogen-bond donors (Lipinski definition) is 0. The molecule has 0 fully saturated rings. The molecule has 0 N–H and O–H groups in total. The van der Waals surface area contributed by atoms with Crippen LogP contribution < -0.4 is 4.74 Å². The van der Waals surface area contributed by atoms with Gasteiger partial charge in [0.15, 0.2) is 5.75 Å². The molecule has 16 heavy (non-hydrogen) atoms. The summed E-state index contributed by atoms with van der Waals surface area (Å²) >= 11 is 0. The topological polar surface area (TPSA) is 81.8 Å². The molecule has 0 aliphatic carbocycles. The third-order valence-corrected chi connectivity index (χ3v) is 2.13. The Bertz CT molecular complexity index is 452. The van der Waals surface area contributed by atoms with Crippen molar-refractivity contribution in [2.45, 2.75) is 13.0 Å². The van der Waals surface area contributed by atoms with E-state index in [1.807, 2.05) is 0 Å². The van der Waals surface area contributed by atoms with Gasteiger partial charge in [-0.1, -0.05) is 6.07 Å². The van der Waals surface area contributed by atoms with E-state index in [4.69, 9.17) is 4.74 Å². The lowest BCUT2D eigenvalue weighted by Crippen LogP contribution is -1.97. The smallest absolute Gasteiger partial charge is 0.311 e. The Morgan fingerprint density at radius 3 is 2.75 bits per heavy atom. The Kier molecular flexibility index (Phi) is 3.74. The molecule has 0 aliphatic heterocycles. The monoisotopic (exact) mass is 222 g/mol. The van der Waals surface area contributed by atoms with Crippen molar-refractivity contribution in [3.05, 3.63) is 33.9 Å². The van der Waals surface area contributed by atoms with Crippen LogP contribution in [0.3, 0.4) is 0 Å². The van der Waals surface area contributed by atoms with Crippen LogP contribution in [0.5, 0.6) is 5.75 Å². The van der Waals surface area contributed by atoms with Crippen molar-refractivity contribution in [3.8, 4) is 5.75 Å². The minimum atomic E-state index is -0.542. The Hall–Kier alpha value is -2.20. The van der Waals surface area contributed by atoms with Crippen LogP contribution in [-0.2, 0) is 4.79 Å². The minimum Gasteiger partial charge on any atom is -0.490 e. The summed E-state index contributed by atoms with van der Waals surface area (Å²) in [5.74, 6) is 0.177. The highest BCUT2D eigenvalue weighted by Crippen LogP contribution is 2.30. The van der Waals surface area contributed by atoms with Crippen LogP contribution >= 0.6 is 0 Å². The average molecular weight is 222 g/mol. The second-order valence-electron chi connectivity index (χ2n) is 3.08. The molecule has 0 radical (unpaired) electrons. The summed E-state index contributed by atoms with van der Waals surface area (Å²) in [5, 5.41) is 10.7. The predicted octanol–water partition coefficient (Wildman–Crippen LogP) is 2.00. The first-order valence-electron chi connectivity index (χ1n) is 4.49. The number of methoxy groups -OCH3 is 1. The van der Waals surface area contributed by atoms with E-state index < -0.39 is 11.0 Å². The van der Waals surface area contributed by atoms with Gasteiger partial charge in [-0.2, -0.15) is 4.99 Å². The van der Waals surface area contributed by atoms with Crippen molar-refractivity contribution in [3.63, 3.8) is 0 Å². The van der Waals surface area contributed by atoms with Gasteiger partial charge in [0.1, 0.15) is 0 Å². The number of hydrogen-bond acceptors (Lipinski definition) is 5. The van der Waals surface area contributed by atoms with E-state index in [-0.39, 0.29) is 11.4 Å². The van der Waals surface area contributed by atoms with Crippen molar-refractivity contribution >= 4 is 11.8 Å². The lowest BCUT2D eigenvalue weighted by molar-refractivity contribution is -0.385. The molecule has 1 rings (SSSR count). The number of carbonyl (C=O) groups excluding carboxylic acids is 1. The van der Waals surface area contributed by atoms with E-state index in [0.717, 1.165) is 0 Å². The average Bonchev–Trinajstić information content (AvgIpc) is 2.28. The number of nitro benzene ring substituents is 1. The summed E-state index contributed by atoms with van der Waals surface area (Å²) in [5.41, 5.74) is 0.420. The van der Waals surface area contributed by atoms with Crippen molar-refractivity contribution in [1.29, 1.82) is 0 Å². The molecular weight excluding hydrogens is 212 g/mol. The highest BCUT2D eigenvalue weighted by atomic mass is 16.6. The molecule has 0 amide bonds. The van der Waals surface area contributed by atoms with E-state index in [0.29, 0.717) is 5.56 Å². The first-order chi connectivity index (χ1) is 7.60. The molecule has 6 heteroatoms. The van der Waals surface area contributed by atoms with Gasteiger partial charge >= 0.3 is 5.69 Å². The third-order valence-electron chi connectivity index (χ3n) is 2.13. The van der Waals surface area contributed by atoms with Crippen LogP contribution in [-0.4, -0.2) is 18.1 Å². The zero-order valence-electron chi connectivity index (χ0n) is 8.84. The minimum absolute atomic E-state index is 0.145. The van der Waals surface area contributed by atoms with Crippen molar-refractivity contribution in [2.24, 2.45) is 4.99 Å². The molecule has 1 unspecified atom stereocenters. The molecule has 0 saturated carbocycles. The summed E-state index contributed by atoms with van der Waals surface area (Å²) in [6, 6.07) is 3.98. The number of nitro groups is 1. The van der Waals surface area contributed by atoms with E-state index in [1.165, 1.54) is 25.3 Å². The highest BCUT2D eigenvalue weighted by molar-refractivity contribution is 5.49. The van der Waals surface area contributed by atoms with Gasteiger partial charge in [-0.15, -0.1) is 0 Å². The molecule has 0 aromatic heterocycles. The number of ether oxygens (including phenoxy) is 1. The maximum atomic E-state index is 10.7. The van der Waals surface area contributed by atoms with Crippen LogP contribution in [0.2, 0.25) is 0 Å². The van der Waals surface area contributed by atoms with Gasteiger partial charge in [-0.25, -0.2) is 4.79 Å². The Morgan fingerprint density at radius 1 is 1.56 bits per heavy atom. The molecule has 0 spiro atoms. The molecule has 84 valence electrons. The highest BCUT2D eigenvalue weighted by Gasteiger charge is 2.17. The molecule has 1 aromatic carbocycles. The van der Waals surface area contributed by atoms with Gasteiger partial charge in [-0.05, 0) is 18.6 Å². The van der Waals surface area contributed by atoms with Crippen molar-refractivity contribution in [2.75, 3.05) is 7.11 Å². The lowest BCUT2D eigenvalue weighted by Gasteiger charge is -2.06. The summed E-state index contributed by atoms with van der Waals surface area (Å²) in [4.78, 5) is 23.8. The van der Waals surface area contributed by atoms with Gasteiger partial charge < -0.3 is 4.74 Å². The summed E-state index contributed by atoms with van der Waals surface area (Å²) in [7, 11) is 1.36. The molecule has 0 bridgehead atoms. The summed E-state index contributed by atoms with van der Waals surface area (Å²) in [6.07, 6.45) is 1.42. The zero-order chi connectivity index (χ0) is 12.1. The van der Waals surface area contributed by atoms with E-state index >= 15 is 0 Å². The van der Waals surface area contributed by atoms with Gasteiger partial charge in [0.05, 0.1) is 18.1 Å². The maximum Gasteiger partial charge on any atom is 0.311 e. The fraction of sp³-hybridized carbons (Fsp3) is 0.300. The number of aliphatic imine (C=N–C) groups is 1. The maximum absolute atomic E-state index is 10.7. The number of isocyanates is 1. The molecule has 1 atom stereocenters. The molecule has 0 saturated heterocycles. The van der Waals surface area contributed by atoms with Crippen LogP contribution in [0.1, 0.15) is 18.5 Å². The Labute approximate surface area is 91.7 Å². The summed E-state index contributed by atoms with van der Waals surface area (Å²) < 4.78 is 4.85. The quantitative estimate of drug-likeness (QED) is 0.337. The van der Waals surface area contributed by atoms with E-state index in [2.05, 4.69) is 4.99 Å². The van der Waals surface area contributed by atoms with Crippen molar-refractivity contribution in [1.82, 2.24) is 0 Å². The number of benzene rings is 1. The van der Waals surface area contributed by atoms with Gasteiger partial charge in [0.2, 0.25) is 6.08 Å². The molecule has 0 heterocycles. The molecule has 0 aliphatic rings. The number of rotatable bonds is 4. The fourth-order valence-corrected chi connectivity index (χ4v) is 1.26. The van der Waals surface area contributed by atoms with Crippen LogP contribution in [0.15, 0.2) is 23.2 Å². The van der Waals surface area contributed by atoms with Crippen molar-refractivity contribution < 1.29 is 14.5 Å². The zero-order valence-corrected chi connectivity index (χ0v) is 8.84. The van der Waals surface area contributed by atoms with E-state index in [9.17, 15) is 14.9 Å². The lowest BCUT2D eigenvalue weighted by atomic mass is 10.1. The second-order valence-corrected chi connectivity index (χ2v) is 3.08. The number of nitrogens with zero attached hydrogens (tertiary/aromatic N) is 2. The van der Waals surface area contributed by atoms with Gasteiger partial charge in [0, 0.05) is 6.07 Å². The fourth-order valence-electron chi connectivity index (χ4n) is 1.26. The van der Waals surface area contributed by atoms with Gasteiger partial charge in [-0.3, -0.25) is 10.1 Å². The first kappa shape index (κ1) is 11.9. The Morgan fingerprint density at radius 2 is 2.25 bits per heavy atom. The predicted molar refractivity (Wildman–Crippen MR) is 56.2 cm³/mol. The normalized spacial score (nSPS) is 11.4. The van der Waals surface area contributed by atoms with Crippen LogP contribution in [0, 0.1) is 10.1 Å². The Balaban J connectivity index is 3.21.